The quantitative estimate of drug-likeness (QED) is 0.00541. The standard InChI is InChI=1S/C48H65N8O19P3S4/c1-8-54-35-20-18-31(81(65,66)67)23-33(35)47(4,5)39(54)15-11-9-12-16-40-48(6,7)34-24-32(82(68,69)70)19-21-36(34)55(40)22-14-10-13-17-41(57)50-27-46(2,3)80-79-30-71-37-25-42(56-29-53-43-44(49)51-28-52-45(43)56)73-38(37)26-72-77(61,62)75-78(63,64)74-76(58,59)60/h9,11-12,15-16,18-21,23-24,28-29,37-38,42H,8,10,13-14,17,22,25-27,30H2,1-7H3,(H8-,49,50,51,52,57,58,59,60,61,62,63,64,65,66,67,68,69,70)/p+1/t37?,38-,42-/m1/s1. The molecule has 82 heavy (non-hydrogen) atoms. The number of rotatable bonds is 27. The highest BCUT2D eigenvalue weighted by atomic mass is 33.1. The molecule has 27 nitrogen and oxygen atoms in total. The molecule has 2 aromatic heterocycles. The molecule has 3 aliphatic heterocycles. The first kappa shape index (κ1) is 65.3. The topological polar surface area (TPSA) is 392 Å². The van der Waals surface area contributed by atoms with Crippen LogP contribution in [0, 0.1) is 0 Å². The summed E-state index contributed by atoms with van der Waals surface area (Å²) in [4.78, 5) is 64.7. The molecule has 5 atom stereocenters. The summed E-state index contributed by atoms with van der Waals surface area (Å²) in [6, 6.07) is 9.14. The number of benzene rings is 2. The number of aromatic nitrogens is 4. The van der Waals surface area contributed by atoms with E-state index in [0.29, 0.717) is 50.1 Å². The zero-order valence-corrected chi connectivity index (χ0v) is 51.5. The van der Waals surface area contributed by atoms with Gasteiger partial charge in [0.05, 0.1) is 34.2 Å². The monoisotopic (exact) mass is 1280 g/mol. The summed E-state index contributed by atoms with van der Waals surface area (Å²) in [7, 11) is -23.1. The number of allylic oxidation sites excluding steroid dienone is 6. The molecule has 7 rings (SSSR count). The van der Waals surface area contributed by atoms with Gasteiger partial charge in [0.15, 0.2) is 17.2 Å². The molecule has 1 fully saturated rings. The van der Waals surface area contributed by atoms with Crippen molar-refractivity contribution in [3.05, 3.63) is 96.3 Å². The van der Waals surface area contributed by atoms with Gasteiger partial charge in [-0.2, -0.15) is 30.0 Å². The van der Waals surface area contributed by atoms with Crippen molar-refractivity contribution in [1.82, 2.24) is 24.8 Å². The van der Waals surface area contributed by atoms with Gasteiger partial charge in [-0.3, -0.25) is 23.0 Å². The first-order valence-corrected chi connectivity index (χ1v) is 35.0. The van der Waals surface area contributed by atoms with Crippen LogP contribution in [0.5, 0.6) is 0 Å². The molecule has 9 N–H and O–H groups in total. The van der Waals surface area contributed by atoms with E-state index in [-0.39, 0.29) is 45.8 Å². The molecule has 1 amide bonds. The number of nitrogens with one attached hydrogen (secondary N) is 1. The Bertz CT molecular complexity index is 3590. The number of likely N-dealkylation sites (N-methyl/N-ethyl adjacent to an activating group) is 1. The number of phosphoric ester groups is 1. The van der Waals surface area contributed by atoms with E-state index >= 15 is 0 Å². The van der Waals surface area contributed by atoms with Gasteiger partial charge in [0.1, 0.15) is 36.7 Å². The SMILES string of the molecule is CCN1/C(=C/C=C/C=C/C2=[N+](CCCCCC(=O)NCC(C)(C)SSCOC3C[C@H](n4cnc5c(N)ncnc54)O[C@@H]3COP(=O)(O)OP(=O)(O)OP(=O)(O)O)c3ccc(S(=O)(=O)O)cc3C2(C)C)C(C)(C)c2cc(S(=O)(=O)O)ccc21. The number of amides is 1. The second kappa shape index (κ2) is 25.4. The number of imidazole rings is 1. The Kier molecular flexibility index (Phi) is 20.2. The number of fused-ring (bicyclic) bond motifs is 3. The molecule has 4 aromatic rings. The minimum Gasteiger partial charge on any atom is -0.382 e. The lowest BCUT2D eigenvalue weighted by atomic mass is 9.81. The van der Waals surface area contributed by atoms with E-state index in [0.717, 1.165) is 28.3 Å². The summed E-state index contributed by atoms with van der Waals surface area (Å²) in [5.41, 5.74) is 10.2. The number of nitrogens with zero attached hydrogens (tertiary/aromatic N) is 6. The predicted octanol–water partition coefficient (Wildman–Crippen LogP) is 7.60. The molecule has 0 aliphatic carbocycles. The molecule has 450 valence electrons. The number of unbranched alkanes of at least 4 members (excludes halogenated alkanes) is 2. The maximum atomic E-state index is 13.1. The predicted molar refractivity (Wildman–Crippen MR) is 306 cm³/mol. The first-order valence-electron chi connectivity index (χ1n) is 25.3. The van der Waals surface area contributed by atoms with Crippen molar-refractivity contribution < 1.29 is 91.2 Å². The molecule has 0 radical (unpaired) electrons. The third kappa shape index (κ3) is 16.0. The molecule has 0 bridgehead atoms. The van der Waals surface area contributed by atoms with Gasteiger partial charge in [-0.05, 0) is 89.4 Å². The average molecular weight is 1280 g/mol. The van der Waals surface area contributed by atoms with Crippen LogP contribution in [0.4, 0.5) is 17.2 Å². The molecule has 34 heteroatoms. The highest BCUT2D eigenvalue weighted by Gasteiger charge is 2.46. The number of carbonyl (C=O) groups excluding carboxylic acids is 1. The van der Waals surface area contributed by atoms with Crippen LogP contribution in [-0.4, -0.2) is 130 Å². The van der Waals surface area contributed by atoms with Crippen LogP contribution in [0.2, 0.25) is 0 Å². The normalized spacial score (nSPS) is 21.2. The van der Waals surface area contributed by atoms with Crippen molar-refractivity contribution in [2.75, 3.05) is 42.8 Å². The van der Waals surface area contributed by atoms with Crippen LogP contribution in [0.15, 0.2) is 94.9 Å². The van der Waals surface area contributed by atoms with Crippen molar-refractivity contribution in [3.63, 3.8) is 0 Å². The van der Waals surface area contributed by atoms with E-state index < -0.39 is 84.3 Å². The van der Waals surface area contributed by atoms with Gasteiger partial charge in [0.2, 0.25) is 11.6 Å². The highest BCUT2D eigenvalue weighted by Crippen LogP contribution is 2.66. The molecule has 2 aromatic carbocycles. The minimum absolute atomic E-state index is 0.0387. The zero-order chi connectivity index (χ0) is 60.4. The maximum Gasteiger partial charge on any atom is 0.490 e. The Balaban J connectivity index is 0.922. The van der Waals surface area contributed by atoms with Gasteiger partial charge >= 0.3 is 23.5 Å². The van der Waals surface area contributed by atoms with E-state index in [1.165, 1.54) is 63.1 Å². The van der Waals surface area contributed by atoms with Gasteiger partial charge in [-0.25, -0.2) is 28.6 Å². The van der Waals surface area contributed by atoms with Gasteiger partial charge in [0.25, 0.3) is 20.2 Å². The summed E-state index contributed by atoms with van der Waals surface area (Å²) in [6.07, 6.45) is 11.7. The first-order chi connectivity index (χ1) is 38.0. The van der Waals surface area contributed by atoms with Crippen LogP contribution in [-0.2, 0) is 72.2 Å². The van der Waals surface area contributed by atoms with E-state index in [1.807, 2.05) is 78.8 Å². The van der Waals surface area contributed by atoms with E-state index in [2.05, 4.69) is 38.4 Å². The number of phosphoric acid groups is 3. The molecule has 0 saturated carbocycles. The van der Waals surface area contributed by atoms with Gasteiger partial charge in [-0.15, -0.1) is 0 Å². The number of carbonyl (C=O) groups is 1. The molecule has 3 unspecified atom stereocenters. The van der Waals surface area contributed by atoms with Crippen LogP contribution in [0.25, 0.3) is 11.2 Å². The number of anilines is 2. The maximum absolute atomic E-state index is 13.1. The lowest BCUT2D eigenvalue weighted by Gasteiger charge is -2.25. The van der Waals surface area contributed by atoms with E-state index in [4.69, 9.17) is 29.5 Å². The van der Waals surface area contributed by atoms with Gasteiger partial charge in [0, 0.05) is 71.6 Å². The van der Waals surface area contributed by atoms with E-state index in [9.17, 15) is 54.2 Å². The third-order valence-corrected chi connectivity index (χ3v) is 22.1. The summed E-state index contributed by atoms with van der Waals surface area (Å²) in [5.74, 6) is -0.0122. The summed E-state index contributed by atoms with van der Waals surface area (Å²) in [5, 5.41) is 3.00. The summed E-state index contributed by atoms with van der Waals surface area (Å²) < 4.78 is 132. The number of hydrogen-bond acceptors (Lipinski definition) is 20. The zero-order valence-electron chi connectivity index (χ0n) is 45.5. The van der Waals surface area contributed by atoms with Crippen LogP contribution < -0.4 is 16.0 Å². The van der Waals surface area contributed by atoms with Gasteiger partial charge < -0.3 is 45.0 Å². The van der Waals surface area contributed by atoms with Crippen molar-refractivity contribution in [2.45, 2.75) is 124 Å². The molecule has 1 saturated heterocycles. The van der Waals surface area contributed by atoms with Crippen molar-refractivity contribution in [2.24, 2.45) is 0 Å². The fourth-order valence-corrected chi connectivity index (χ4v) is 16.0. The largest absolute Gasteiger partial charge is 0.490 e. The highest BCUT2D eigenvalue weighted by molar-refractivity contribution is 8.77. The Labute approximate surface area is 482 Å². The van der Waals surface area contributed by atoms with Crippen molar-refractivity contribution in [1.29, 1.82) is 0 Å². The van der Waals surface area contributed by atoms with Gasteiger partial charge in [-0.1, -0.05) is 53.7 Å². The number of nitrogens with two attached hydrogens (primary N) is 1. The second-order valence-electron chi connectivity index (χ2n) is 20.8. The number of ether oxygens (including phenoxy) is 2. The van der Waals surface area contributed by atoms with Crippen molar-refractivity contribution >= 4 is 105 Å². The van der Waals surface area contributed by atoms with E-state index in [1.54, 1.807) is 12.1 Å². The van der Waals surface area contributed by atoms with Crippen molar-refractivity contribution in [3.8, 4) is 0 Å². The van der Waals surface area contributed by atoms with Crippen LogP contribution in [0.3, 0.4) is 0 Å². The number of hydrogen-bond donors (Lipinski definition) is 8. The smallest absolute Gasteiger partial charge is 0.382 e. The lowest BCUT2D eigenvalue weighted by Crippen LogP contribution is -2.35. The molecule has 3 aliphatic rings. The molecular weight excluding hydrogens is 1210 g/mol. The Morgan fingerprint density at radius 1 is 0.915 bits per heavy atom. The Morgan fingerprint density at radius 2 is 1.60 bits per heavy atom. The fourth-order valence-electron chi connectivity index (χ4n) is 9.78. The Hall–Kier alpha value is -4.20. The Morgan fingerprint density at radius 3 is 2.27 bits per heavy atom. The summed E-state index contributed by atoms with van der Waals surface area (Å²) >= 11 is 0. The minimum atomic E-state index is -5.78. The molecular formula is C48H66N8O19P3S4+. The third-order valence-electron chi connectivity index (χ3n) is 13.7. The number of nitrogen functional groups attached to an aromatic ring is 1. The molecule has 0 spiro atoms. The van der Waals surface area contributed by atoms with Crippen LogP contribution >= 0.6 is 45.1 Å². The summed E-state index contributed by atoms with van der Waals surface area (Å²) in [6.45, 7) is 14.4. The lowest BCUT2D eigenvalue weighted by molar-refractivity contribution is -0.438. The average Bonchev–Trinajstić information content (AvgIpc) is 2.02. The second-order valence-corrected chi connectivity index (χ2v) is 31.1. The molecule has 5 heterocycles. The van der Waals surface area contributed by atoms with Crippen LogP contribution in [0.1, 0.15) is 97.9 Å². The fraction of sp³-hybridized carbons (Fsp3) is 0.479.